The van der Waals surface area contributed by atoms with Gasteiger partial charge < -0.3 is 25.1 Å². The molecule has 5 rings (SSSR count). The molecule has 1 aliphatic carbocycles. The second-order valence-corrected chi connectivity index (χ2v) is 11.7. The molecule has 3 aromatic heterocycles. The fourth-order valence-electron chi connectivity index (χ4n) is 5.07. The third kappa shape index (κ3) is 5.93. The monoisotopic (exact) mass is 534 g/mol. The van der Waals surface area contributed by atoms with Gasteiger partial charge in [-0.15, -0.1) is 0 Å². The van der Waals surface area contributed by atoms with Crippen LogP contribution in [0.15, 0.2) is 41.1 Å². The molecule has 0 spiro atoms. The van der Waals surface area contributed by atoms with Crippen molar-refractivity contribution < 1.29 is 19.1 Å². The van der Waals surface area contributed by atoms with E-state index in [2.05, 4.69) is 38.5 Å². The van der Waals surface area contributed by atoms with E-state index in [1.807, 2.05) is 32.9 Å². The average Bonchev–Trinajstić information content (AvgIpc) is 3.50. The minimum absolute atomic E-state index is 0.102. The van der Waals surface area contributed by atoms with Crippen molar-refractivity contribution >= 4 is 51.0 Å². The molecular weight excluding hydrogens is 500 g/mol. The zero-order valence-corrected chi connectivity index (χ0v) is 23.0. The van der Waals surface area contributed by atoms with E-state index in [0.717, 1.165) is 65.4 Å². The molecule has 1 fully saturated rings. The van der Waals surface area contributed by atoms with Gasteiger partial charge in [-0.05, 0) is 87.0 Å². The van der Waals surface area contributed by atoms with Gasteiger partial charge in [-0.25, -0.2) is 14.6 Å². The van der Waals surface area contributed by atoms with Crippen molar-refractivity contribution in [1.82, 2.24) is 15.3 Å². The van der Waals surface area contributed by atoms with Crippen LogP contribution in [-0.4, -0.2) is 46.8 Å². The highest BCUT2D eigenvalue weighted by Crippen LogP contribution is 2.34. The number of thiophene rings is 1. The first-order valence-corrected chi connectivity index (χ1v) is 13.9. The number of methoxy groups -OCH3 is 1. The summed E-state index contributed by atoms with van der Waals surface area (Å²) in [6.07, 6.45) is 3.93. The maximum atomic E-state index is 12.2. The van der Waals surface area contributed by atoms with Crippen molar-refractivity contribution in [2.75, 3.05) is 12.4 Å². The van der Waals surface area contributed by atoms with E-state index in [1.54, 1.807) is 17.4 Å². The summed E-state index contributed by atoms with van der Waals surface area (Å²) in [7, 11) is 1.39. The highest BCUT2D eigenvalue weighted by atomic mass is 32.1. The van der Waals surface area contributed by atoms with E-state index in [1.165, 1.54) is 12.7 Å². The quantitative estimate of drug-likeness (QED) is 0.247. The van der Waals surface area contributed by atoms with Crippen molar-refractivity contribution in [3.8, 4) is 0 Å². The topological polar surface area (TPSA) is 105 Å². The van der Waals surface area contributed by atoms with Crippen LogP contribution in [0.3, 0.4) is 0 Å². The smallest absolute Gasteiger partial charge is 0.407 e. The van der Waals surface area contributed by atoms with Gasteiger partial charge in [0, 0.05) is 40.5 Å². The molecule has 1 aliphatic rings. The van der Waals surface area contributed by atoms with Crippen LogP contribution in [0.1, 0.15) is 68.1 Å². The number of nitrogens with zero attached hydrogens (tertiary/aromatic N) is 1. The van der Waals surface area contributed by atoms with E-state index in [9.17, 15) is 9.59 Å². The number of carbonyl (C=O) groups is 2. The summed E-state index contributed by atoms with van der Waals surface area (Å²) < 4.78 is 10.3. The molecule has 1 amide bonds. The van der Waals surface area contributed by atoms with Crippen LogP contribution in [-0.2, 0) is 15.9 Å². The van der Waals surface area contributed by atoms with Gasteiger partial charge in [0.05, 0.1) is 18.2 Å². The Morgan fingerprint density at radius 3 is 2.53 bits per heavy atom. The lowest BCUT2D eigenvalue weighted by molar-refractivity contribution is 0.0491. The van der Waals surface area contributed by atoms with Gasteiger partial charge in [-0.3, -0.25) is 0 Å². The molecule has 3 heterocycles. The Morgan fingerprint density at radius 1 is 1.08 bits per heavy atom. The highest BCUT2D eigenvalue weighted by molar-refractivity contribution is 7.07. The van der Waals surface area contributed by atoms with Crippen molar-refractivity contribution in [1.29, 1.82) is 0 Å². The fourth-order valence-corrected chi connectivity index (χ4v) is 5.74. The molecule has 200 valence electrons. The molecule has 0 radical (unpaired) electrons. The Morgan fingerprint density at radius 2 is 1.84 bits per heavy atom. The minimum atomic E-state index is -0.509. The Hall–Kier alpha value is -3.59. The van der Waals surface area contributed by atoms with Crippen molar-refractivity contribution in [3.05, 3.63) is 57.9 Å². The van der Waals surface area contributed by atoms with Crippen LogP contribution in [0.2, 0.25) is 0 Å². The predicted octanol–water partition coefficient (Wildman–Crippen LogP) is 6.40. The van der Waals surface area contributed by atoms with Gasteiger partial charge in [0.15, 0.2) is 0 Å². The number of amides is 1. The molecule has 1 aromatic carbocycles. The second kappa shape index (κ2) is 10.6. The van der Waals surface area contributed by atoms with E-state index in [4.69, 9.17) is 14.5 Å². The maximum Gasteiger partial charge on any atom is 0.407 e. The number of alkyl carbamates (subject to hydrolysis) is 1. The Labute approximate surface area is 226 Å². The van der Waals surface area contributed by atoms with Gasteiger partial charge in [0.25, 0.3) is 0 Å². The van der Waals surface area contributed by atoms with Gasteiger partial charge in [0.1, 0.15) is 11.4 Å². The third-order valence-corrected chi connectivity index (χ3v) is 7.54. The second-order valence-electron chi connectivity index (χ2n) is 10.9. The summed E-state index contributed by atoms with van der Waals surface area (Å²) in [6.45, 7) is 5.61. The number of hydrogen-bond acceptors (Lipinski definition) is 7. The van der Waals surface area contributed by atoms with Crippen LogP contribution in [0.25, 0.3) is 21.8 Å². The van der Waals surface area contributed by atoms with Crippen LogP contribution < -0.4 is 10.6 Å². The summed E-state index contributed by atoms with van der Waals surface area (Å²) in [4.78, 5) is 32.9. The van der Waals surface area contributed by atoms with Crippen LogP contribution in [0, 0.1) is 0 Å². The lowest BCUT2D eigenvalue weighted by Crippen LogP contribution is -2.42. The first-order valence-electron chi connectivity index (χ1n) is 13.0. The largest absolute Gasteiger partial charge is 0.465 e. The van der Waals surface area contributed by atoms with E-state index < -0.39 is 5.60 Å². The Balaban J connectivity index is 1.39. The van der Waals surface area contributed by atoms with E-state index >= 15 is 0 Å². The molecule has 38 heavy (non-hydrogen) atoms. The number of fused-ring (bicyclic) bond motifs is 3. The zero-order valence-electron chi connectivity index (χ0n) is 22.2. The standard InChI is InChI=1S/C29H34N4O4S/c1-29(2,3)37-28(35)32-20-8-6-19(7-9-20)30-26-25-22-10-5-18(27(34)36-4)14-23(22)33-24(25)15-21(31-26)13-17-11-12-38-16-17/h5,10-12,14-16,19-20,33H,6-9,13H2,1-4H3,(H,30,31)(H,32,35). The predicted molar refractivity (Wildman–Crippen MR) is 151 cm³/mol. The fraction of sp³-hybridized carbons (Fsp3) is 0.414. The zero-order chi connectivity index (χ0) is 26.9. The third-order valence-electron chi connectivity index (χ3n) is 6.81. The number of nitrogens with one attached hydrogen (secondary N) is 3. The van der Waals surface area contributed by atoms with Gasteiger partial charge in [-0.1, -0.05) is 6.07 Å². The Kier molecular flexibility index (Phi) is 7.29. The van der Waals surface area contributed by atoms with Gasteiger partial charge in [-0.2, -0.15) is 11.3 Å². The number of anilines is 1. The summed E-state index contributed by atoms with van der Waals surface area (Å²) in [6, 6.07) is 10.1. The van der Waals surface area contributed by atoms with Crippen LogP contribution in [0.5, 0.6) is 0 Å². The Bertz CT molecular complexity index is 1450. The van der Waals surface area contributed by atoms with Crippen LogP contribution >= 0.6 is 11.3 Å². The van der Waals surface area contributed by atoms with E-state index in [0.29, 0.717) is 5.56 Å². The summed E-state index contributed by atoms with van der Waals surface area (Å²) in [5, 5.41) is 13.0. The molecule has 3 N–H and O–H groups in total. The number of H-pyrrole nitrogens is 1. The molecule has 4 aromatic rings. The highest BCUT2D eigenvalue weighted by Gasteiger charge is 2.26. The lowest BCUT2D eigenvalue weighted by atomic mass is 9.91. The van der Waals surface area contributed by atoms with Crippen molar-refractivity contribution in [2.45, 2.75) is 70.6 Å². The van der Waals surface area contributed by atoms with E-state index in [-0.39, 0.29) is 24.1 Å². The molecule has 8 nitrogen and oxygen atoms in total. The normalized spacial score (nSPS) is 17.9. The first-order chi connectivity index (χ1) is 18.2. The SMILES string of the molecule is COC(=O)c1ccc2c(c1)[nH]c1cc(Cc3ccsc3)nc(NC3CCC(NC(=O)OC(C)(C)C)CC3)c12. The minimum Gasteiger partial charge on any atom is -0.465 e. The number of ether oxygens (including phenoxy) is 2. The summed E-state index contributed by atoms with van der Waals surface area (Å²) in [5.41, 5.74) is 4.04. The molecule has 0 aliphatic heterocycles. The number of aromatic amines is 1. The molecule has 1 saturated carbocycles. The number of aromatic nitrogens is 2. The van der Waals surface area contributed by atoms with Crippen molar-refractivity contribution in [2.24, 2.45) is 0 Å². The molecule has 0 saturated heterocycles. The van der Waals surface area contributed by atoms with Gasteiger partial charge in [0.2, 0.25) is 0 Å². The van der Waals surface area contributed by atoms with Crippen LogP contribution in [0.4, 0.5) is 10.6 Å². The molecule has 0 bridgehead atoms. The number of hydrogen-bond donors (Lipinski definition) is 3. The number of carbonyl (C=O) groups excluding carboxylic acids is 2. The molecule has 0 atom stereocenters. The first kappa shape index (κ1) is 26.0. The number of rotatable bonds is 6. The van der Waals surface area contributed by atoms with Crippen molar-refractivity contribution in [3.63, 3.8) is 0 Å². The lowest BCUT2D eigenvalue weighted by Gasteiger charge is -2.31. The number of benzene rings is 1. The van der Waals surface area contributed by atoms with Gasteiger partial charge >= 0.3 is 12.1 Å². The summed E-state index contributed by atoms with van der Waals surface area (Å²) >= 11 is 1.68. The molecular formula is C29H34N4O4S. The average molecular weight is 535 g/mol. The number of esters is 1. The summed E-state index contributed by atoms with van der Waals surface area (Å²) in [5.74, 6) is 0.477. The number of pyridine rings is 1. The molecule has 0 unspecified atom stereocenters. The molecule has 9 heteroatoms. The maximum absolute atomic E-state index is 12.2.